The number of allylic oxidation sites excluding steroid dienone is 1. The van der Waals surface area contributed by atoms with Crippen LogP contribution in [0.5, 0.6) is 5.75 Å². The third-order valence-corrected chi connectivity index (χ3v) is 8.28. The van der Waals surface area contributed by atoms with Crippen LogP contribution in [0, 0.1) is 5.92 Å². The van der Waals surface area contributed by atoms with Gasteiger partial charge in [-0.05, 0) is 24.6 Å². The number of phenolic OH excluding ortho intramolecular Hbond substituents is 1. The second-order valence-electron chi connectivity index (χ2n) is 11.4. The van der Waals surface area contributed by atoms with Gasteiger partial charge in [0.05, 0.1) is 45.2 Å². The summed E-state index contributed by atoms with van der Waals surface area (Å²) in [6.45, 7) is 0.324. The number of ether oxygens (including phenoxy) is 7. The highest BCUT2D eigenvalue weighted by molar-refractivity contribution is 5.90. The average molecular weight is 687 g/mol. The van der Waals surface area contributed by atoms with Gasteiger partial charge >= 0.3 is 11.9 Å². The smallest absolute Gasteiger partial charge is 0.337 e. The molecule has 3 aliphatic rings. The maximum Gasteiger partial charge on any atom is 0.337 e. The number of esters is 2. The lowest BCUT2D eigenvalue weighted by Gasteiger charge is -2.43. The molecular weight excluding hydrogens is 644 g/mol. The van der Waals surface area contributed by atoms with Crippen LogP contribution in [-0.4, -0.2) is 147 Å². The van der Waals surface area contributed by atoms with E-state index in [-0.39, 0.29) is 29.9 Å². The van der Waals surface area contributed by atoms with Gasteiger partial charge in [-0.1, -0.05) is 18.2 Å². The summed E-state index contributed by atoms with van der Waals surface area (Å²) in [5.74, 6) is -2.30. The Morgan fingerprint density at radius 1 is 0.875 bits per heavy atom. The third kappa shape index (κ3) is 8.68. The molecule has 0 aliphatic carbocycles. The van der Waals surface area contributed by atoms with Crippen molar-refractivity contribution in [3.63, 3.8) is 0 Å². The SMILES string of the molecule is CC=C1[C@H](O[C@H]2O[C@@H](CO[C@@H]3O[C@@H](CO)[C@@H](O)[C@@H](O)[C@H]3O)[C@@H](O)[C@@H](O)[C@H]2O)OC=C(C(=O)OC)[C@H]1CC(=O)OCCc1ccc(O)cc1. The van der Waals surface area contributed by atoms with Crippen molar-refractivity contribution in [2.24, 2.45) is 5.92 Å². The topological polar surface area (TPSA) is 261 Å². The fourth-order valence-electron chi connectivity index (χ4n) is 5.48. The highest BCUT2D eigenvalue weighted by Gasteiger charge is 2.49. The van der Waals surface area contributed by atoms with Crippen molar-refractivity contribution in [1.82, 2.24) is 0 Å². The van der Waals surface area contributed by atoms with Gasteiger partial charge in [0.25, 0.3) is 0 Å². The number of aliphatic hydroxyl groups is 7. The van der Waals surface area contributed by atoms with E-state index in [1.165, 1.54) is 18.2 Å². The molecule has 1 aromatic rings. The second kappa shape index (κ2) is 17.0. The van der Waals surface area contributed by atoms with Crippen LogP contribution >= 0.6 is 0 Å². The molecule has 0 saturated carbocycles. The maximum atomic E-state index is 12.9. The standard InChI is InChI=1S/C31H42O17/c1-3-16-17(10-21(34)43-9-8-14-4-6-15(33)7-5-14)18(28(41)42-2)12-44-29(16)48-31-27(40)25(38)23(36)20(47-31)13-45-30-26(39)24(37)22(35)19(11-32)46-30/h3-7,12,17,19-20,22-27,29-33,35-40H,8-11,13H2,1-2H3/t17-,19-,20-,22+,23+,24+,25+,26+,27+,29-,30+,31+/m0/s1. The van der Waals surface area contributed by atoms with Gasteiger partial charge in [-0.3, -0.25) is 4.79 Å². The van der Waals surface area contributed by atoms with Gasteiger partial charge in [-0.2, -0.15) is 0 Å². The zero-order valence-corrected chi connectivity index (χ0v) is 26.2. The lowest BCUT2D eigenvalue weighted by atomic mass is 9.86. The van der Waals surface area contributed by atoms with Crippen LogP contribution in [0.3, 0.4) is 0 Å². The van der Waals surface area contributed by atoms with Crippen LogP contribution in [0.25, 0.3) is 0 Å². The molecule has 17 heteroatoms. The number of aliphatic hydroxyl groups excluding tert-OH is 7. The van der Waals surface area contributed by atoms with E-state index in [0.717, 1.165) is 18.9 Å². The van der Waals surface area contributed by atoms with Gasteiger partial charge in [-0.25, -0.2) is 4.79 Å². The zero-order chi connectivity index (χ0) is 35.1. The average Bonchev–Trinajstić information content (AvgIpc) is 3.08. The number of phenols is 1. The Hall–Kier alpha value is -3.20. The molecule has 12 atom stereocenters. The summed E-state index contributed by atoms with van der Waals surface area (Å²) in [7, 11) is 1.15. The van der Waals surface area contributed by atoms with Crippen molar-refractivity contribution in [2.75, 3.05) is 26.9 Å². The lowest BCUT2D eigenvalue weighted by molar-refractivity contribution is -0.344. The molecule has 0 radical (unpaired) electrons. The van der Waals surface area contributed by atoms with E-state index in [2.05, 4.69) is 0 Å². The predicted molar refractivity (Wildman–Crippen MR) is 157 cm³/mol. The Balaban J connectivity index is 1.42. The highest BCUT2D eigenvalue weighted by atomic mass is 16.8. The van der Waals surface area contributed by atoms with E-state index in [0.29, 0.717) is 6.42 Å². The molecule has 2 saturated heterocycles. The minimum Gasteiger partial charge on any atom is -0.508 e. The fourth-order valence-corrected chi connectivity index (χ4v) is 5.48. The largest absolute Gasteiger partial charge is 0.508 e. The molecular formula is C31H42O17. The molecule has 0 aromatic heterocycles. The van der Waals surface area contributed by atoms with E-state index in [4.69, 9.17) is 33.2 Å². The number of carbonyl (C=O) groups is 2. The molecule has 2 fully saturated rings. The molecule has 4 rings (SSSR count). The van der Waals surface area contributed by atoms with Crippen LogP contribution in [0.2, 0.25) is 0 Å². The molecule has 48 heavy (non-hydrogen) atoms. The number of rotatable bonds is 12. The third-order valence-electron chi connectivity index (χ3n) is 8.28. The first-order chi connectivity index (χ1) is 22.9. The molecule has 0 spiro atoms. The van der Waals surface area contributed by atoms with Gasteiger partial charge in [0, 0.05) is 17.9 Å². The van der Waals surface area contributed by atoms with Gasteiger partial charge < -0.3 is 74.0 Å². The highest BCUT2D eigenvalue weighted by Crippen LogP contribution is 2.36. The van der Waals surface area contributed by atoms with Crippen molar-refractivity contribution in [2.45, 2.75) is 87.5 Å². The molecule has 3 aliphatic heterocycles. The number of hydrogen-bond acceptors (Lipinski definition) is 17. The van der Waals surface area contributed by atoms with Gasteiger partial charge in [0.2, 0.25) is 6.29 Å². The predicted octanol–water partition coefficient (Wildman–Crippen LogP) is -2.52. The summed E-state index contributed by atoms with van der Waals surface area (Å²) >= 11 is 0. The van der Waals surface area contributed by atoms with E-state index in [9.17, 15) is 50.4 Å². The number of aromatic hydroxyl groups is 1. The quantitative estimate of drug-likeness (QED) is 0.0834. The van der Waals surface area contributed by atoms with E-state index < -0.39 is 98.8 Å². The van der Waals surface area contributed by atoms with E-state index in [1.54, 1.807) is 19.1 Å². The van der Waals surface area contributed by atoms with Gasteiger partial charge in [0.15, 0.2) is 12.6 Å². The van der Waals surface area contributed by atoms with Crippen molar-refractivity contribution < 1.29 is 83.6 Å². The maximum absolute atomic E-state index is 12.9. The van der Waals surface area contributed by atoms with Gasteiger partial charge in [-0.15, -0.1) is 0 Å². The Morgan fingerprint density at radius 3 is 2.12 bits per heavy atom. The summed E-state index contributed by atoms with van der Waals surface area (Å²) in [4.78, 5) is 25.5. The summed E-state index contributed by atoms with van der Waals surface area (Å²) in [6.07, 6.45) is -15.1. The molecule has 3 heterocycles. The normalized spacial score (nSPS) is 36.2. The Bertz CT molecular complexity index is 1280. The van der Waals surface area contributed by atoms with Crippen molar-refractivity contribution in [1.29, 1.82) is 0 Å². The van der Waals surface area contributed by atoms with Crippen LogP contribution in [0.15, 0.2) is 47.7 Å². The fraction of sp³-hybridized carbons (Fsp3) is 0.613. The summed E-state index contributed by atoms with van der Waals surface area (Å²) in [5, 5.41) is 80.9. The lowest BCUT2D eigenvalue weighted by Crippen LogP contribution is -2.62. The summed E-state index contributed by atoms with van der Waals surface area (Å²) in [6, 6.07) is 6.38. The molecule has 0 unspecified atom stereocenters. The van der Waals surface area contributed by atoms with Crippen molar-refractivity contribution in [3.05, 3.63) is 53.3 Å². The van der Waals surface area contributed by atoms with Crippen LogP contribution in [0.4, 0.5) is 0 Å². The Labute approximate surface area is 275 Å². The first kappa shape index (κ1) is 37.6. The minimum atomic E-state index is -1.83. The summed E-state index contributed by atoms with van der Waals surface area (Å²) < 4.78 is 38.1. The van der Waals surface area contributed by atoms with Gasteiger partial charge in [0.1, 0.15) is 54.6 Å². The summed E-state index contributed by atoms with van der Waals surface area (Å²) in [5.41, 5.74) is 1.05. The molecule has 0 bridgehead atoms. The Kier molecular flexibility index (Phi) is 13.3. The first-order valence-corrected chi connectivity index (χ1v) is 15.2. The molecule has 0 amide bonds. The Morgan fingerprint density at radius 2 is 1.50 bits per heavy atom. The first-order valence-electron chi connectivity index (χ1n) is 15.2. The zero-order valence-electron chi connectivity index (χ0n) is 26.2. The monoisotopic (exact) mass is 686 g/mol. The molecule has 1 aromatic carbocycles. The molecule has 268 valence electrons. The molecule has 8 N–H and O–H groups in total. The number of hydrogen-bond donors (Lipinski definition) is 8. The van der Waals surface area contributed by atoms with Crippen LogP contribution in [-0.2, 0) is 49.2 Å². The van der Waals surface area contributed by atoms with E-state index in [1.807, 2.05) is 0 Å². The number of methoxy groups -OCH3 is 1. The number of carbonyl (C=O) groups excluding carboxylic acids is 2. The van der Waals surface area contributed by atoms with Crippen molar-refractivity contribution >= 4 is 11.9 Å². The van der Waals surface area contributed by atoms with Crippen LogP contribution < -0.4 is 0 Å². The number of benzene rings is 1. The van der Waals surface area contributed by atoms with Crippen LogP contribution in [0.1, 0.15) is 18.9 Å². The van der Waals surface area contributed by atoms with Crippen molar-refractivity contribution in [3.8, 4) is 5.75 Å². The minimum absolute atomic E-state index is 0.0180. The second-order valence-corrected chi connectivity index (χ2v) is 11.4. The van der Waals surface area contributed by atoms with E-state index >= 15 is 0 Å². The molecule has 17 nitrogen and oxygen atoms in total.